The van der Waals surface area contributed by atoms with Gasteiger partial charge in [0.15, 0.2) is 0 Å². The van der Waals surface area contributed by atoms with Crippen LogP contribution in [0, 0.1) is 0 Å². The monoisotopic (exact) mass is 710 g/mol. The van der Waals surface area contributed by atoms with Crippen LogP contribution >= 0.6 is 46.4 Å². The van der Waals surface area contributed by atoms with E-state index in [-0.39, 0.29) is 117 Å². The topological polar surface area (TPSA) is 184 Å². The van der Waals surface area contributed by atoms with Crippen molar-refractivity contribution in [3.05, 3.63) is 80.5 Å². The largest absolute Gasteiger partial charge is 1.00 e. The fourth-order valence-corrected chi connectivity index (χ4v) is 5.57. The molecule has 20 heteroatoms. The van der Waals surface area contributed by atoms with E-state index in [1.165, 1.54) is 48.6 Å². The maximum Gasteiger partial charge on any atom is 1.00 e. The van der Waals surface area contributed by atoms with E-state index in [9.17, 15) is 25.9 Å². The van der Waals surface area contributed by atoms with E-state index in [1.807, 2.05) is 0 Å². The Labute approximate surface area is 307 Å². The van der Waals surface area contributed by atoms with Crippen LogP contribution in [0.25, 0.3) is 12.2 Å². The Morgan fingerprint density at radius 1 is 0.619 bits per heavy atom. The van der Waals surface area contributed by atoms with Crippen molar-refractivity contribution in [3.63, 3.8) is 0 Å². The summed E-state index contributed by atoms with van der Waals surface area (Å²) in [5.41, 5.74) is 0.408. The van der Waals surface area contributed by atoms with Gasteiger partial charge in [-0.3, -0.25) is 9.11 Å². The average molecular weight is 712 g/mol. The molecule has 0 unspecified atom stereocenters. The number of halogens is 4. The van der Waals surface area contributed by atoms with Crippen molar-refractivity contribution in [1.82, 2.24) is 19.9 Å². The molecule has 2 aromatic heterocycles. The fourth-order valence-electron chi connectivity index (χ4n) is 3.33. The zero-order chi connectivity index (χ0) is 29.2. The minimum absolute atomic E-state index is 0. The van der Waals surface area contributed by atoms with E-state index in [2.05, 4.69) is 30.6 Å². The molecule has 0 spiro atoms. The van der Waals surface area contributed by atoms with Crippen molar-refractivity contribution < 1.29 is 87.9 Å². The molecule has 0 amide bonds. The molecule has 0 aliphatic rings. The first kappa shape index (κ1) is 37.1. The van der Waals surface area contributed by atoms with Gasteiger partial charge in [0.1, 0.15) is 31.7 Å². The van der Waals surface area contributed by atoms with Crippen molar-refractivity contribution in [2.45, 2.75) is 9.79 Å². The number of aromatic nitrogens is 4. The summed E-state index contributed by atoms with van der Waals surface area (Å²) in [6.45, 7) is 0. The molecule has 0 saturated heterocycles. The number of rotatable bonds is 8. The zero-order valence-electron chi connectivity index (χ0n) is 23.4. The van der Waals surface area contributed by atoms with Crippen molar-refractivity contribution in [3.8, 4) is 0 Å². The minimum Gasteiger partial charge on any atom is -1.00 e. The van der Waals surface area contributed by atoms with Gasteiger partial charge < -0.3 is 13.5 Å². The fraction of sp³-hybridized carbons (Fsp3) is 0. The third-order valence-electron chi connectivity index (χ3n) is 4.91. The third-order valence-corrected chi connectivity index (χ3v) is 7.45. The van der Waals surface area contributed by atoms with E-state index >= 15 is 0 Å². The Bertz CT molecular complexity index is 1720. The number of nitrogens with zero attached hydrogens (tertiary/aromatic N) is 4. The average Bonchev–Trinajstić information content (AvgIpc) is 2.81. The van der Waals surface area contributed by atoms with Gasteiger partial charge in [-0.2, -0.15) is 16.8 Å². The van der Waals surface area contributed by atoms with Gasteiger partial charge in [-0.05, 0) is 58.6 Å². The summed E-state index contributed by atoms with van der Waals surface area (Å²) < 4.78 is 68.1. The SMILES string of the molecule is O=S(=O)(O)c1cc(Nc2cc(Cl)nc(Cl)n2)ccc1/C=C/c1ccc(Nc2cc(Cl)nc(Cl)n2)cc1S(=O)(=O)O.[H-].[H-].[Na+].[Na+]. The standard InChI is InChI=1S/C22H14Cl4N6O6S2.2Na.2H/c23-17-9-19(31-21(25)29-17)27-13-5-3-11(15(7-13)39(33,34)35)1-2-12-4-6-14(8-16(12)40(36,37)38)28-20-10-18(24)30-22(26)32-20;;;;/h1-10H,(H,27,29,31)(H,28,30,32)(H,33,34,35)(H,36,37,38);;;;/q;2*+1;2*-1/b2-1+;;;;. The summed E-state index contributed by atoms with van der Waals surface area (Å²) in [7, 11) is -9.49. The molecule has 0 fully saturated rings. The van der Waals surface area contributed by atoms with Gasteiger partial charge in [-0.25, -0.2) is 19.9 Å². The zero-order valence-corrected chi connectivity index (χ0v) is 30.1. The van der Waals surface area contributed by atoms with E-state index < -0.39 is 30.0 Å². The molecule has 0 saturated carbocycles. The van der Waals surface area contributed by atoms with Gasteiger partial charge in [-0.15, -0.1) is 0 Å². The van der Waals surface area contributed by atoms with Crippen LogP contribution in [0.15, 0.2) is 58.3 Å². The number of hydrogen-bond acceptors (Lipinski definition) is 10. The molecule has 4 rings (SSSR count). The Kier molecular flexibility index (Phi) is 13.5. The van der Waals surface area contributed by atoms with E-state index in [1.54, 1.807) is 0 Å². The van der Waals surface area contributed by atoms with E-state index in [0.717, 1.165) is 12.1 Å². The normalized spacial score (nSPS) is 11.5. The second-order valence-electron chi connectivity index (χ2n) is 7.73. The van der Waals surface area contributed by atoms with Crippen LogP contribution in [0.2, 0.25) is 20.9 Å². The van der Waals surface area contributed by atoms with Crippen LogP contribution in [0.5, 0.6) is 0 Å². The summed E-state index contributed by atoms with van der Waals surface area (Å²) in [5.74, 6) is 0.320. The van der Waals surface area contributed by atoms with Crippen LogP contribution < -0.4 is 69.7 Å². The molecule has 0 atom stereocenters. The molecule has 2 aromatic carbocycles. The molecule has 0 bridgehead atoms. The molecule has 4 N–H and O–H groups in total. The molecule has 0 aliphatic heterocycles. The maximum absolute atomic E-state index is 12.1. The van der Waals surface area contributed by atoms with Gasteiger partial charge in [0.2, 0.25) is 10.6 Å². The smallest absolute Gasteiger partial charge is 1.00 e. The van der Waals surface area contributed by atoms with Crippen LogP contribution in [0.3, 0.4) is 0 Å². The van der Waals surface area contributed by atoms with Crippen molar-refractivity contribution >= 4 is 102 Å². The van der Waals surface area contributed by atoms with Gasteiger partial charge in [0.25, 0.3) is 20.2 Å². The van der Waals surface area contributed by atoms with Crippen molar-refractivity contribution in [2.75, 3.05) is 10.6 Å². The van der Waals surface area contributed by atoms with Crippen LogP contribution in [-0.2, 0) is 20.2 Å². The summed E-state index contributed by atoms with van der Waals surface area (Å²) >= 11 is 23.3. The van der Waals surface area contributed by atoms with Gasteiger partial charge in [0, 0.05) is 23.5 Å². The van der Waals surface area contributed by atoms with Crippen LogP contribution in [0.4, 0.5) is 23.0 Å². The van der Waals surface area contributed by atoms with Gasteiger partial charge >= 0.3 is 59.1 Å². The molecule has 12 nitrogen and oxygen atoms in total. The molecule has 0 radical (unpaired) electrons. The quantitative estimate of drug-likeness (QED) is 0.0644. The number of nitrogens with one attached hydrogen (secondary N) is 2. The minimum atomic E-state index is -4.74. The Morgan fingerprint density at radius 3 is 1.29 bits per heavy atom. The van der Waals surface area contributed by atoms with Gasteiger partial charge in [0.05, 0.1) is 0 Å². The Balaban J connectivity index is 0.00000462. The molecular formula is C22H16Cl4N6Na2O6S2. The Hall–Kier alpha value is -1.08. The first-order valence-electron chi connectivity index (χ1n) is 10.5. The van der Waals surface area contributed by atoms with Crippen LogP contribution in [0.1, 0.15) is 14.0 Å². The predicted octanol–water partition coefficient (Wildman–Crippen LogP) is 0.264. The first-order valence-corrected chi connectivity index (χ1v) is 14.9. The maximum atomic E-state index is 12.1. The van der Waals surface area contributed by atoms with Crippen molar-refractivity contribution in [2.24, 2.45) is 0 Å². The summed E-state index contributed by atoms with van der Waals surface area (Å²) in [5, 5.41) is 5.38. The molecule has 2 heterocycles. The predicted molar refractivity (Wildman–Crippen MR) is 154 cm³/mol. The van der Waals surface area contributed by atoms with Crippen LogP contribution in [-0.4, -0.2) is 45.9 Å². The number of anilines is 4. The van der Waals surface area contributed by atoms with Gasteiger partial charge in [-0.1, -0.05) is 47.5 Å². The molecule has 4 aromatic rings. The molecule has 0 aliphatic carbocycles. The first-order chi connectivity index (χ1) is 18.7. The van der Waals surface area contributed by atoms with E-state index in [4.69, 9.17) is 46.4 Å². The Morgan fingerprint density at radius 2 is 0.976 bits per heavy atom. The second kappa shape index (κ2) is 15.3. The second-order valence-corrected chi connectivity index (χ2v) is 12.0. The molecule has 212 valence electrons. The number of hydrogen-bond donors (Lipinski definition) is 4. The summed E-state index contributed by atoms with van der Waals surface area (Å²) in [6.07, 6.45) is 2.48. The third kappa shape index (κ3) is 10.2. The summed E-state index contributed by atoms with van der Waals surface area (Å²) in [4.78, 5) is 14.2. The number of benzene rings is 2. The summed E-state index contributed by atoms with van der Waals surface area (Å²) in [6, 6.07) is 10.5. The molecular weight excluding hydrogens is 696 g/mol. The van der Waals surface area contributed by atoms with Crippen molar-refractivity contribution in [1.29, 1.82) is 0 Å². The molecule has 42 heavy (non-hydrogen) atoms. The van der Waals surface area contributed by atoms with E-state index in [0.29, 0.717) is 0 Å².